The number of thioether (sulfide) groups is 1. The average molecular weight is 198 g/mol. The Kier molecular flexibility index (Phi) is 8.32. The molecule has 0 aromatic carbocycles. The Morgan fingerprint density at radius 3 is 2.69 bits per heavy atom. The van der Waals surface area contributed by atoms with Crippen molar-refractivity contribution < 1.29 is 0 Å². The van der Waals surface area contributed by atoms with Gasteiger partial charge in [-0.2, -0.15) is 11.8 Å². The van der Waals surface area contributed by atoms with Gasteiger partial charge in [-0.3, -0.25) is 0 Å². The third kappa shape index (κ3) is 8.17. The molecule has 0 aromatic heterocycles. The SMILES string of the molecule is C=CC(=C)CCCCC(C)SCC. The summed E-state index contributed by atoms with van der Waals surface area (Å²) >= 11 is 2.05. The van der Waals surface area contributed by atoms with Crippen molar-refractivity contribution in [1.29, 1.82) is 0 Å². The molecule has 13 heavy (non-hydrogen) atoms. The average Bonchev–Trinajstić information content (AvgIpc) is 2.12. The molecule has 0 amide bonds. The summed E-state index contributed by atoms with van der Waals surface area (Å²) in [5.74, 6) is 1.24. The van der Waals surface area contributed by atoms with E-state index in [4.69, 9.17) is 0 Å². The van der Waals surface area contributed by atoms with Crippen molar-refractivity contribution in [3.8, 4) is 0 Å². The highest BCUT2D eigenvalue weighted by Gasteiger charge is 2.00. The molecule has 0 saturated heterocycles. The molecule has 1 atom stereocenters. The topological polar surface area (TPSA) is 0 Å². The number of hydrogen-bond acceptors (Lipinski definition) is 1. The number of rotatable bonds is 8. The van der Waals surface area contributed by atoms with Crippen molar-refractivity contribution in [3.63, 3.8) is 0 Å². The molecule has 0 aromatic rings. The van der Waals surface area contributed by atoms with Gasteiger partial charge >= 0.3 is 0 Å². The minimum absolute atomic E-state index is 0.821. The molecule has 0 spiro atoms. The van der Waals surface area contributed by atoms with Crippen LogP contribution < -0.4 is 0 Å². The molecule has 1 unspecified atom stereocenters. The van der Waals surface area contributed by atoms with E-state index in [9.17, 15) is 0 Å². The van der Waals surface area contributed by atoms with Gasteiger partial charge in [-0.05, 0) is 25.0 Å². The molecule has 0 aliphatic heterocycles. The summed E-state index contributed by atoms with van der Waals surface area (Å²) in [7, 11) is 0. The fraction of sp³-hybridized carbons (Fsp3) is 0.667. The van der Waals surface area contributed by atoms with Crippen LogP contribution in [0, 0.1) is 0 Å². The van der Waals surface area contributed by atoms with Crippen molar-refractivity contribution in [2.24, 2.45) is 0 Å². The van der Waals surface area contributed by atoms with Crippen molar-refractivity contribution in [2.75, 3.05) is 5.75 Å². The Hall–Kier alpha value is -0.170. The molecule has 0 nitrogen and oxygen atoms in total. The zero-order valence-electron chi connectivity index (χ0n) is 9.01. The molecular formula is C12H22S. The first kappa shape index (κ1) is 12.8. The van der Waals surface area contributed by atoms with Gasteiger partial charge in [-0.1, -0.05) is 45.1 Å². The van der Waals surface area contributed by atoms with Gasteiger partial charge in [0.25, 0.3) is 0 Å². The minimum Gasteiger partial charge on any atom is -0.159 e. The Bertz CT molecular complexity index is 149. The molecule has 0 bridgehead atoms. The van der Waals surface area contributed by atoms with Gasteiger partial charge < -0.3 is 0 Å². The normalized spacial score (nSPS) is 12.5. The van der Waals surface area contributed by atoms with E-state index in [1.165, 1.54) is 30.6 Å². The lowest BCUT2D eigenvalue weighted by atomic mass is 10.1. The summed E-state index contributed by atoms with van der Waals surface area (Å²) in [6.07, 6.45) is 6.90. The summed E-state index contributed by atoms with van der Waals surface area (Å²) in [4.78, 5) is 0. The molecule has 0 radical (unpaired) electrons. The van der Waals surface area contributed by atoms with Crippen LogP contribution in [0.1, 0.15) is 39.5 Å². The predicted octanol–water partition coefficient (Wildman–Crippen LogP) is 4.43. The van der Waals surface area contributed by atoms with Crippen LogP contribution >= 0.6 is 11.8 Å². The zero-order chi connectivity index (χ0) is 10.1. The lowest BCUT2D eigenvalue weighted by Gasteiger charge is -2.08. The van der Waals surface area contributed by atoms with Crippen molar-refractivity contribution >= 4 is 11.8 Å². The van der Waals surface area contributed by atoms with E-state index >= 15 is 0 Å². The van der Waals surface area contributed by atoms with E-state index in [-0.39, 0.29) is 0 Å². The molecule has 0 rings (SSSR count). The Balaban J connectivity index is 3.24. The second-order valence-electron chi connectivity index (χ2n) is 3.37. The van der Waals surface area contributed by atoms with E-state index < -0.39 is 0 Å². The second kappa shape index (κ2) is 8.43. The highest BCUT2D eigenvalue weighted by molar-refractivity contribution is 7.99. The number of allylic oxidation sites excluding steroid dienone is 2. The van der Waals surface area contributed by atoms with E-state index in [2.05, 4.69) is 38.8 Å². The first-order valence-corrected chi connectivity index (χ1v) is 6.17. The van der Waals surface area contributed by atoms with Gasteiger partial charge in [-0.15, -0.1) is 0 Å². The van der Waals surface area contributed by atoms with Crippen LogP contribution in [0.4, 0.5) is 0 Å². The van der Waals surface area contributed by atoms with Crippen LogP contribution in [-0.2, 0) is 0 Å². The number of hydrogen-bond donors (Lipinski definition) is 0. The summed E-state index contributed by atoms with van der Waals surface area (Å²) in [5.41, 5.74) is 1.18. The lowest BCUT2D eigenvalue weighted by Crippen LogP contribution is -1.96. The van der Waals surface area contributed by atoms with E-state index in [1.807, 2.05) is 6.08 Å². The molecule has 0 fully saturated rings. The van der Waals surface area contributed by atoms with Crippen LogP contribution in [-0.4, -0.2) is 11.0 Å². The van der Waals surface area contributed by atoms with Crippen LogP contribution in [0.5, 0.6) is 0 Å². The van der Waals surface area contributed by atoms with Gasteiger partial charge in [0.2, 0.25) is 0 Å². The highest BCUT2D eigenvalue weighted by Crippen LogP contribution is 2.17. The lowest BCUT2D eigenvalue weighted by molar-refractivity contribution is 0.678. The summed E-state index contributed by atoms with van der Waals surface area (Å²) in [5, 5.41) is 0.821. The van der Waals surface area contributed by atoms with Crippen molar-refractivity contribution in [2.45, 2.75) is 44.8 Å². The maximum absolute atomic E-state index is 3.90. The maximum Gasteiger partial charge on any atom is 0.00186 e. The van der Waals surface area contributed by atoms with Gasteiger partial charge in [0, 0.05) is 5.25 Å². The van der Waals surface area contributed by atoms with Crippen LogP contribution in [0.2, 0.25) is 0 Å². The fourth-order valence-corrected chi connectivity index (χ4v) is 2.16. The second-order valence-corrected chi connectivity index (χ2v) is 5.09. The fourth-order valence-electron chi connectivity index (χ4n) is 1.25. The van der Waals surface area contributed by atoms with Gasteiger partial charge in [-0.25, -0.2) is 0 Å². The molecule has 76 valence electrons. The first-order chi connectivity index (χ1) is 6.20. The van der Waals surface area contributed by atoms with E-state index in [0.717, 1.165) is 11.7 Å². The minimum atomic E-state index is 0.821. The molecule has 0 aliphatic carbocycles. The van der Waals surface area contributed by atoms with Crippen LogP contribution in [0.3, 0.4) is 0 Å². The smallest absolute Gasteiger partial charge is 0.00186 e. The highest BCUT2D eigenvalue weighted by atomic mass is 32.2. The van der Waals surface area contributed by atoms with Gasteiger partial charge in [0.15, 0.2) is 0 Å². The molecule has 0 N–H and O–H groups in total. The Morgan fingerprint density at radius 2 is 2.15 bits per heavy atom. The summed E-state index contributed by atoms with van der Waals surface area (Å²) in [6, 6.07) is 0. The molecular weight excluding hydrogens is 176 g/mol. The largest absolute Gasteiger partial charge is 0.159 e. The summed E-state index contributed by atoms with van der Waals surface area (Å²) in [6.45, 7) is 12.1. The van der Waals surface area contributed by atoms with Crippen LogP contribution in [0.15, 0.2) is 24.8 Å². The summed E-state index contributed by atoms with van der Waals surface area (Å²) < 4.78 is 0. The van der Waals surface area contributed by atoms with E-state index in [0.29, 0.717) is 0 Å². The van der Waals surface area contributed by atoms with Crippen LogP contribution in [0.25, 0.3) is 0 Å². The van der Waals surface area contributed by atoms with Gasteiger partial charge in [0.05, 0.1) is 0 Å². The zero-order valence-corrected chi connectivity index (χ0v) is 9.83. The quantitative estimate of drug-likeness (QED) is 0.411. The Labute approximate surface area is 87.5 Å². The van der Waals surface area contributed by atoms with Gasteiger partial charge in [0.1, 0.15) is 0 Å². The molecule has 0 heterocycles. The number of unbranched alkanes of at least 4 members (excludes halogenated alkanes) is 1. The monoisotopic (exact) mass is 198 g/mol. The van der Waals surface area contributed by atoms with E-state index in [1.54, 1.807) is 0 Å². The molecule has 0 saturated carbocycles. The maximum atomic E-state index is 3.90. The predicted molar refractivity (Wildman–Crippen MR) is 65.4 cm³/mol. The third-order valence-electron chi connectivity index (χ3n) is 2.10. The first-order valence-electron chi connectivity index (χ1n) is 5.12. The molecule has 0 aliphatic rings. The Morgan fingerprint density at radius 1 is 1.46 bits per heavy atom. The molecule has 1 heteroatoms. The standard InChI is InChI=1S/C12H22S/c1-5-11(3)9-7-8-10-12(4)13-6-2/h5,12H,1,3,6-10H2,2,4H3. The third-order valence-corrected chi connectivity index (χ3v) is 3.24. The van der Waals surface area contributed by atoms with Crippen molar-refractivity contribution in [3.05, 3.63) is 24.8 Å². The van der Waals surface area contributed by atoms with Crippen molar-refractivity contribution in [1.82, 2.24) is 0 Å².